The summed E-state index contributed by atoms with van der Waals surface area (Å²) in [5, 5.41) is 13.1. The Balaban J connectivity index is 1.32. The Morgan fingerprint density at radius 2 is 1.89 bits per heavy atom. The summed E-state index contributed by atoms with van der Waals surface area (Å²) in [7, 11) is 0. The highest BCUT2D eigenvalue weighted by Gasteiger charge is 2.24. The topological polar surface area (TPSA) is 83.8 Å². The molecule has 37 heavy (non-hydrogen) atoms. The molecule has 1 aromatic heterocycles. The predicted octanol–water partition coefficient (Wildman–Crippen LogP) is 4.32. The molecule has 0 unspecified atom stereocenters. The van der Waals surface area contributed by atoms with E-state index in [1.54, 1.807) is 0 Å². The smallest absolute Gasteiger partial charge is 0.257 e. The Kier molecular flexibility index (Phi) is 8.49. The van der Waals surface area contributed by atoms with Crippen LogP contribution in [-0.2, 0) is 0 Å². The van der Waals surface area contributed by atoms with E-state index in [1.165, 1.54) is 35.2 Å². The third-order valence-electron chi connectivity index (χ3n) is 6.24. The van der Waals surface area contributed by atoms with Crippen LogP contribution < -0.4 is 15.5 Å². The van der Waals surface area contributed by atoms with Gasteiger partial charge in [0, 0.05) is 49.5 Å². The number of likely N-dealkylation sites (tertiary alicyclic amines) is 1. The highest BCUT2D eigenvalue weighted by atomic mass is 35.5. The Bertz CT molecular complexity index is 1390. The maximum absolute atomic E-state index is 14.0. The number of hydrogen-bond donors (Lipinski definition) is 2. The van der Waals surface area contributed by atoms with Crippen LogP contribution in [0.5, 0.6) is 5.75 Å². The molecule has 0 radical (unpaired) electrons. The summed E-state index contributed by atoms with van der Waals surface area (Å²) in [4.78, 5) is 27.9. The molecule has 1 aliphatic heterocycles. The molecule has 1 amide bonds. The zero-order valence-electron chi connectivity index (χ0n) is 19.7. The lowest BCUT2D eigenvalue weighted by Crippen LogP contribution is -2.47. The maximum atomic E-state index is 14.0. The fourth-order valence-electron chi connectivity index (χ4n) is 4.29. The van der Waals surface area contributed by atoms with Crippen molar-refractivity contribution >= 4 is 46.2 Å². The van der Waals surface area contributed by atoms with E-state index < -0.39 is 29.1 Å². The second kappa shape index (κ2) is 11.6. The van der Waals surface area contributed by atoms with E-state index in [9.17, 15) is 23.5 Å². The average Bonchev–Trinajstić information content (AvgIpc) is 2.87. The summed E-state index contributed by atoms with van der Waals surface area (Å²) in [6.45, 7) is 5.23. The van der Waals surface area contributed by atoms with Gasteiger partial charge in [0.2, 0.25) is 5.43 Å². The number of hydrogen-bond acceptors (Lipinski definition) is 5. The van der Waals surface area contributed by atoms with Gasteiger partial charge in [0.15, 0.2) is 0 Å². The van der Waals surface area contributed by atoms with Crippen LogP contribution in [0.2, 0.25) is 10.0 Å². The van der Waals surface area contributed by atoms with E-state index in [0.29, 0.717) is 38.0 Å². The molecule has 0 spiro atoms. The lowest BCUT2D eigenvalue weighted by molar-refractivity contribution is 0.0567. The number of ether oxygens (including phenoxy) is 1. The van der Waals surface area contributed by atoms with Gasteiger partial charge in [0.05, 0.1) is 15.6 Å². The van der Waals surface area contributed by atoms with Gasteiger partial charge in [-0.1, -0.05) is 29.8 Å². The minimum Gasteiger partial charge on any atom is -0.491 e. The first kappa shape index (κ1) is 27.1. The molecule has 2 N–H and O–H groups in total. The van der Waals surface area contributed by atoms with Crippen LogP contribution in [0, 0.1) is 11.6 Å². The Labute approximate surface area is 221 Å². The van der Waals surface area contributed by atoms with E-state index in [4.69, 9.17) is 27.9 Å². The van der Waals surface area contributed by atoms with Gasteiger partial charge in [-0.25, -0.2) is 8.78 Å². The summed E-state index contributed by atoms with van der Waals surface area (Å²) < 4.78 is 34.4. The number of β-amino-alcohol motifs (C(OH)–C–C–N with tert-alkyl or cyclic N) is 1. The van der Waals surface area contributed by atoms with Crippen molar-refractivity contribution in [3.8, 4) is 5.75 Å². The van der Waals surface area contributed by atoms with Crippen molar-refractivity contribution in [2.75, 3.05) is 26.2 Å². The minimum absolute atomic E-state index is 0.00587. The molecule has 3 aromatic rings. The van der Waals surface area contributed by atoms with Gasteiger partial charge in [-0.2, -0.15) is 0 Å². The molecule has 7 nitrogen and oxygen atoms in total. The molecule has 196 valence electrons. The zero-order chi connectivity index (χ0) is 26.7. The number of pyridine rings is 1. The first-order valence-corrected chi connectivity index (χ1v) is 12.4. The molecule has 1 saturated heterocycles. The maximum Gasteiger partial charge on any atom is 0.257 e. The largest absolute Gasteiger partial charge is 0.491 e. The quantitative estimate of drug-likeness (QED) is 0.435. The number of aliphatic hydroxyl groups is 1. The fraction of sp³-hybridized carbons (Fsp3) is 0.308. The normalized spacial score (nSPS) is 15.5. The number of benzene rings is 2. The molecule has 1 fully saturated rings. The van der Waals surface area contributed by atoms with Crippen molar-refractivity contribution in [3.63, 3.8) is 0 Å². The van der Waals surface area contributed by atoms with Gasteiger partial charge in [-0.15, -0.1) is 0 Å². The van der Waals surface area contributed by atoms with Crippen LogP contribution in [0.25, 0.3) is 17.1 Å². The van der Waals surface area contributed by atoms with Crippen molar-refractivity contribution < 1.29 is 23.4 Å². The van der Waals surface area contributed by atoms with Crippen LogP contribution in [0.15, 0.2) is 47.9 Å². The molecule has 1 aliphatic rings. The summed E-state index contributed by atoms with van der Waals surface area (Å²) >= 11 is 11.5. The van der Waals surface area contributed by atoms with Crippen LogP contribution in [0.1, 0.15) is 23.2 Å². The lowest BCUT2D eigenvalue weighted by atomic mass is 10.0. The van der Waals surface area contributed by atoms with Gasteiger partial charge in [-0.05, 0) is 37.1 Å². The van der Waals surface area contributed by atoms with Crippen LogP contribution in [0.4, 0.5) is 8.78 Å². The molecule has 0 bridgehead atoms. The number of rotatable bonds is 8. The molecular formula is C26H25Cl2F2N3O4. The average molecular weight is 552 g/mol. The number of carbonyl (C=O) groups excluding carboxylic acids is 1. The number of halogens is 4. The number of amides is 1. The van der Waals surface area contributed by atoms with Crippen molar-refractivity contribution in [1.29, 1.82) is 0 Å². The predicted molar refractivity (Wildman–Crippen MR) is 139 cm³/mol. The van der Waals surface area contributed by atoms with Crippen molar-refractivity contribution in [1.82, 2.24) is 14.8 Å². The number of fused-ring (bicyclic) bond motifs is 1. The van der Waals surface area contributed by atoms with E-state index >= 15 is 0 Å². The van der Waals surface area contributed by atoms with Crippen LogP contribution in [0.3, 0.4) is 0 Å². The molecule has 1 atom stereocenters. The number of aliphatic hydroxyl groups excluding tert-OH is 1. The third-order valence-corrected chi connectivity index (χ3v) is 6.84. The molecule has 0 saturated carbocycles. The second-order valence-electron chi connectivity index (χ2n) is 8.83. The van der Waals surface area contributed by atoms with Gasteiger partial charge in [-0.3, -0.25) is 9.59 Å². The van der Waals surface area contributed by atoms with E-state index in [0.717, 1.165) is 12.1 Å². The van der Waals surface area contributed by atoms with Gasteiger partial charge in [0.25, 0.3) is 5.91 Å². The molecule has 4 rings (SSSR count). The third kappa shape index (κ3) is 6.30. The van der Waals surface area contributed by atoms with Crippen LogP contribution in [-0.4, -0.2) is 58.9 Å². The van der Waals surface area contributed by atoms with E-state index in [1.807, 2.05) is 4.90 Å². The molecular weight excluding hydrogens is 527 g/mol. The molecule has 2 heterocycles. The van der Waals surface area contributed by atoms with E-state index in [2.05, 4.69) is 11.9 Å². The van der Waals surface area contributed by atoms with Gasteiger partial charge < -0.3 is 24.6 Å². The fourth-order valence-corrected chi connectivity index (χ4v) is 4.57. The number of aromatic nitrogens is 1. The number of piperidine rings is 1. The van der Waals surface area contributed by atoms with Crippen molar-refractivity contribution in [2.45, 2.75) is 25.0 Å². The summed E-state index contributed by atoms with van der Waals surface area (Å²) in [6, 6.07) is 6.23. The first-order valence-electron chi connectivity index (χ1n) is 11.6. The van der Waals surface area contributed by atoms with Crippen LogP contribution >= 0.6 is 23.2 Å². The summed E-state index contributed by atoms with van der Waals surface area (Å²) in [6.07, 6.45) is 3.18. The molecule has 11 heteroatoms. The summed E-state index contributed by atoms with van der Waals surface area (Å²) in [5.74, 6) is -1.63. The SMILES string of the molecule is C=Cn1cc(C(=O)NC2CCN(C[C@@H](O)COc3ccc(Cl)c(F)c3)CC2)c(=O)c2cc(F)c(Cl)cc21. The van der Waals surface area contributed by atoms with Crippen molar-refractivity contribution in [2.24, 2.45) is 0 Å². The zero-order valence-corrected chi connectivity index (χ0v) is 21.2. The van der Waals surface area contributed by atoms with Gasteiger partial charge in [0.1, 0.15) is 35.7 Å². The Morgan fingerprint density at radius 3 is 2.57 bits per heavy atom. The number of carbonyl (C=O) groups is 1. The Hall–Kier alpha value is -2.98. The monoisotopic (exact) mass is 551 g/mol. The van der Waals surface area contributed by atoms with E-state index in [-0.39, 0.29) is 39.4 Å². The molecule has 2 aromatic carbocycles. The highest BCUT2D eigenvalue weighted by Crippen LogP contribution is 2.23. The Morgan fingerprint density at radius 1 is 1.19 bits per heavy atom. The number of nitrogens with one attached hydrogen (secondary N) is 1. The lowest BCUT2D eigenvalue weighted by Gasteiger charge is -2.33. The highest BCUT2D eigenvalue weighted by molar-refractivity contribution is 6.31. The number of nitrogens with zero attached hydrogens (tertiary/aromatic N) is 2. The first-order chi connectivity index (χ1) is 17.7. The van der Waals surface area contributed by atoms with Crippen molar-refractivity contribution in [3.05, 3.63) is 80.6 Å². The molecule has 0 aliphatic carbocycles. The standard InChI is InChI=1S/C26H25Cl2F2N3O4/c1-2-33-13-19(25(35)18-10-23(30)21(28)11-24(18)33)26(36)31-15-5-7-32(8-6-15)12-16(34)14-37-17-3-4-20(27)22(29)9-17/h2-4,9-11,13,15-16,34H,1,5-8,12,14H2,(H,31,36)/t16-/m1/s1. The van der Waals surface area contributed by atoms with Gasteiger partial charge >= 0.3 is 0 Å². The summed E-state index contributed by atoms with van der Waals surface area (Å²) in [5.41, 5.74) is -0.370. The minimum atomic E-state index is -0.797. The second-order valence-corrected chi connectivity index (χ2v) is 9.65.